The van der Waals surface area contributed by atoms with Crippen molar-refractivity contribution in [1.29, 1.82) is 0 Å². The Labute approximate surface area is 163 Å². The van der Waals surface area contributed by atoms with Crippen molar-refractivity contribution in [3.63, 3.8) is 0 Å². The van der Waals surface area contributed by atoms with Crippen molar-refractivity contribution in [3.8, 4) is 0 Å². The number of benzene rings is 1. The summed E-state index contributed by atoms with van der Waals surface area (Å²) in [5.74, 6) is -0.298. The largest absolute Gasteiger partial charge is 0.465 e. The van der Waals surface area contributed by atoms with Gasteiger partial charge >= 0.3 is 5.97 Å². The molecule has 0 spiro atoms. The van der Waals surface area contributed by atoms with Crippen LogP contribution in [0.1, 0.15) is 73.0 Å². The molecule has 1 aromatic carbocycles. The molecule has 0 N–H and O–H groups in total. The molecular weight excluding hydrogens is 359 g/mol. The molecule has 1 atom stereocenters. The van der Waals surface area contributed by atoms with Gasteiger partial charge in [-0.1, -0.05) is 50.8 Å². The van der Waals surface area contributed by atoms with E-state index in [0.717, 1.165) is 48.8 Å². The van der Waals surface area contributed by atoms with E-state index in [0.29, 0.717) is 12.2 Å². The van der Waals surface area contributed by atoms with Gasteiger partial charge in [0, 0.05) is 11.2 Å². The van der Waals surface area contributed by atoms with Gasteiger partial charge in [0.1, 0.15) is 6.16 Å². The Morgan fingerprint density at radius 2 is 1.63 bits per heavy atom. The molecule has 0 heterocycles. The molecule has 1 unspecified atom stereocenters. The zero-order valence-electron chi connectivity index (χ0n) is 17.3. The quantitative estimate of drug-likeness (QED) is 0.444. The summed E-state index contributed by atoms with van der Waals surface area (Å²) in [6.45, 7) is 9.96. The Morgan fingerprint density at radius 3 is 2.15 bits per heavy atom. The van der Waals surface area contributed by atoms with Crippen molar-refractivity contribution in [2.45, 2.75) is 72.4 Å². The minimum absolute atomic E-state index is 0.203. The lowest BCUT2D eigenvalue weighted by Crippen LogP contribution is -2.26. The summed E-state index contributed by atoms with van der Waals surface area (Å²) >= 11 is 0. The van der Waals surface area contributed by atoms with Crippen LogP contribution < -0.4 is 0 Å². The molecule has 4 nitrogen and oxygen atoms in total. The van der Waals surface area contributed by atoms with Crippen molar-refractivity contribution in [2.75, 3.05) is 12.8 Å². The van der Waals surface area contributed by atoms with Crippen molar-refractivity contribution in [2.24, 2.45) is 5.92 Å². The highest BCUT2D eigenvalue weighted by Crippen LogP contribution is 2.58. The van der Waals surface area contributed by atoms with Crippen LogP contribution in [0.2, 0.25) is 0 Å². The van der Waals surface area contributed by atoms with E-state index >= 15 is 0 Å². The summed E-state index contributed by atoms with van der Waals surface area (Å²) in [4.78, 5) is 25.9. The Bertz CT molecular complexity index is 722. The normalized spacial score (nSPS) is 17.6. The fourth-order valence-electron chi connectivity index (χ4n) is 4.07. The zero-order valence-corrected chi connectivity index (χ0v) is 18.2. The van der Waals surface area contributed by atoms with E-state index in [4.69, 9.17) is 4.74 Å². The van der Waals surface area contributed by atoms with Gasteiger partial charge in [0.2, 0.25) is 5.52 Å². The third kappa shape index (κ3) is 5.31. The van der Waals surface area contributed by atoms with Gasteiger partial charge in [-0.15, -0.1) is 0 Å². The van der Waals surface area contributed by atoms with Gasteiger partial charge in [-0.05, 0) is 50.7 Å². The lowest BCUT2D eigenvalue weighted by molar-refractivity contribution is -0.141. The maximum Gasteiger partial charge on any atom is 0.313 e. The second-order valence-corrected chi connectivity index (χ2v) is 11.4. The SMILES string of the molecule is Cc1cc(C)c(C(=O)P(=O)(CC(=O)OCC(C)C)C2CCCCC2)c(C)c1. The van der Waals surface area contributed by atoms with Crippen LogP contribution >= 0.6 is 7.14 Å². The maximum absolute atomic E-state index is 14.1. The number of hydrogen-bond donors (Lipinski definition) is 0. The molecule has 0 aromatic heterocycles. The van der Waals surface area contributed by atoms with Crippen molar-refractivity contribution in [3.05, 3.63) is 34.4 Å². The molecule has 0 saturated heterocycles. The Kier molecular flexibility index (Phi) is 7.45. The molecule has 27 heavy (non-hydrogen) atoms. The minimum atomic E-state index is -3.41. The first-order valence-electron chi connectivity index (χ1n) is 10.0. The summed E-state index contributed by atoms with van der Waals surface area (Å²) in [6, 6.07) is 3.89. The molecule has 1 aliphatic carbocycles. The third-order valence-corrected chi connectivity index (χ3v) is 8.68. The average molecular weight is 392 g/mol. The van der Waals surface area contributed by atoms with Crippen LogP contribution in [0.15, 0.2) is 12.1 Å². The topological polar surface area (TPSA) is 60.4 Å². The van der Waals surface area contributed by atoms with Crippen LogP contribution in [0.3, 0.4) is 0 Å². The predicted molar refractivity (Wildman–Crippen MR) is 110 cm³/mol. The van der Waals surface area contributed by atoms with Crippen LogP contribution in [0.5, 0.6) is 0 Å². The fraction of sp³-hybridized carbons (Fsp3) is 0.636. The highest BCUT2D eigenvalue weighted by molar-refractivity contribution is 7.82. The highest BCUT2D eigenvalue weighted by atomic mass is 31.2. The van der Waals surface area contributed by atoms with Crippen LogP contribution in [0.4, 0.5) is 0 Å². The summed E-state index contributed by atoms with van der Waals surface area (Å²) in [6.07, 6.45) is 4.28. The van der Waals surface area contributed by atoms with Gasteiger partial charge in [0.05, 0.1) is 6.61 Å². The number of esters is 1. The van der Waals surface area contributed by atoms with Gasteiger partial charge in [-0.25, -0.2) is 0 Å². The lowest BCUT2D eigenvalue weighted by atomic mass is 10.0. The molecule has 0 bridgehead atoms. The van der Waals surface area contributed by atoms with Gasteiger partial charge in [-0.2, -0.15) is 0 Å². The van der Waals surface area contributed by atoms with E-state index in [-0.39, 0.29) is 23.3 Å². The van der Waals surface area contributed by atoms with Gasteiger partial charge in [-0.3, -0.25) is 9.59 Å². The van der Waals surface area contributed by atoms with Gasteiger partial charge in [0.25, 0.3) is 0 Å². The molecule has 1 aromatic rings. The first-order valence-corrected chi connectivity index (χ1v) is 12.0. The summed E-state index contributed by atoms with van der Waals surface area (Å²) in [5, 5.41) is 0. The van der Waals surface area contributed by atoms with Gasteiger partial charge in [0.15, 0.2) is 7.14 Å². The second-order valence-electron chi connectivity index (χ2n) is 8.40. The molecule has 150 valence electrons. The van der Waals surface area contributed by atoms with E-state index in [9.17, 15) is 14.2 Å². The molecule has 0 amide bonds. The highest BCUT2D eigenvalue weighted by Gasteiger charge is 2.44. The molecule has 1 saturated carbocycles. The fourth-order valence-corrected chi connectivity index (χ4v) is 7.21. The zero-order chi connectivity index (χ0) is 20.2. The number of aryl methyl sites for hydroxylation is 3. The average Bonchev–Trinajstić information content (AvgIpc) is 2.59. The maximum atomic E-state index is 14.1. The minimum Gasteiger partial charge on any atom is -0.465 e. The van der Waals surface area contributed by atoms with Crippen molar-refractivity contribution < 1.29 is 18.9 Å². The van der Waals surface area contributed by atoms with Crippen molar-refractivity contribution >= 4 is 18.6 Å². The Balaban J connectivity index is 2.38. The molecule has 1 fully saturated rings. The number of carbonyl (C=O) groups is 2. The molecule has 0 aliphatic heterocycles. The van der Waals surface area contributed by atoms with Crippen LogP contribution in [0.25, 0.3) is 0 Å². The monoisotopic (exact) mass is 392 g/mol. The smallest absolute Gasteiger partial charge is 0.313 e. The Hall–Kier alpha value is -1.41. The number of rotatable bonds is 7. The second kappa shape index (κ2) is 9.19. The first-order chi connectivity index (χ1) is 12.6. The number of carbonyl (C=O) groups excluding carboxylic acids is 2. The van der Waals surface area contributed by atoms with E-state index < -0.39 is 13.1 Å². The molecule has 2 rings (SSSR count). The summed E-state index contributed by atoms with van der Waals surface area (Å²) in [5.41, 5.74) is 2.75. The van der Waals surface area contributed by atoms with E-state index in [2.05, 4.69) is 0 Å². The van der Waals surface area contributed by atoms with E-state index in [1.54, 1.807) is 0 Å². The molecular formula is C22H33O4P. The van der Waals surface area contributed by atoms with Crippen LogP contribution in [0, 0.1) is 26.7 Å². The number of hydrogen-bond acceptors (Lipinski definition) is 4. The van der Waals surface area contributed by atoms with Crippen LogP contribution in [-0.2, 0) is 14.1 Å². The molecule has 5 heteroatoms. The van der Waals surface area contributed by atoms with E-state index in [1.807, 2.05) is 46.8 Å². The Morgan fingerprint density at radius 1 is 1.07 bits per heavy atom. The summed E-state index contributed by atoms with van der Waals surface area (Å²) in [7, 11) is -3.41. The summed E-state index contributed by atoms with van der Waals surface area (Å²) < 4.78 is 19.4. The standard InChI is InChI=1S/C22H33O4P/c1-15(2)13-26-20(23)14-27(25,19-9-7-6-8-10-19)22(24)21-17(4)11-16(3)12-18(21)5/h11-12,15,19H,6-10,13-14H2,1-5H3. The van der Waals surface area contributed by atoms with Crippen molar-refractivity contribution in [1.82, 2.24) is 0 Å². The van der Waals surface area contributed by atoms with Gasteiger partial charge < -0.3 is 9.30 Å². The molecule has 0 radical (unpaired) electrons. The molecule has 1 aliphatic rings. The van der Waals surface area contributed by atoms with Crippen LogP contribution in [-0.4, -0.2) is 29.9 Å². The number of ether oxygens (including phenoxy) is 1. The first kappa shape index (κ1) is 21.9. The lowest BCUT2D eigenvalue weighted by Gasteiger charge is -2.30. The van der Waals surface area contributed by atoms with E-state index in [1.165, 1.54) is 0 Å². The third-order valence-electron chi connectivity index (χ3n) is 5.34. The predicted octanol–water partition coefficient (Wildman–Crippen LogP) is 5.65.